The number of hydrogen-bond acceptors (Lipinski definition) is 2. The van der Waals surface area contributed by atoms with Gasteiger partial charge in [0.2, 0.25) is 5.82 Å². The van der Waals surface area contributed by atoms with Gasteiger partial charge in [-0.15, -0.1) is 16.8 Å². The summed E-state index contributed by atoms with van der Waals surface area (Å²) in [5, 5.41) is 6.39. The Morgan fingerprint density at radius 1 is 1.21 bits per heavy atom. The maximum atomic E-state index is 13.7. The van der Waals surface area contributed by atoms with E-state index in [1.165, 1.54) is 0 Å². The van der Waals surface area contributed by atoms with E-state index in [1.807, 2.05) is 0 Å². The summed E-state index contributed by atoms with van der Waals surface area (Å²) in [5.41, 5.74) is -1.75. The molecule has 0 atom stereocenters. The fourth-order valence-corrected chi connectivity index (χ4v) is 1.66. The third kappa shape index (κ3) is 2.29. The van der Waals surface area contributed by atoms with Crippen LogP contribution in [0.25, 0.3) is 5.65 Å². The van der Waals surface area contributed by atoms with Gasteiger partial charge < -0.3 is 0 Å². The maximum absolute atomic E-state index is 13.7. The number of hydrogen-bond donors (Lipinski definition) is 0. The van der Waals surface area contributed by atoms with Gasteiger partial charge in [-0.25, -0.2) is 0 Å². The standard InChI is InChI=1S/C11H8F5N3/c1-2-5-10(12,13)9-18-17-8-7(11(14,15)16)4-3-6-19(8)9/h2-4,6H,1,5H2. The Balaban J connectivity index is 2.66. The van der Waals surface area contributed by atoms with Crippen molar-refractivity contribution in [3.63, 3.8) is 0 Å². The van der Waals surface area contributed by atoms with Crippen LogP contribution in [0.1, 0.15) is 17.8 Å². The molecule has 2 rings (SSSR count). The highest BCUT2D eigenvalue weighted by molar-refractivity contribution is 5.49. The summed E-state index contributed by atoms with van der Waals surface area (Å²) in [6.07, 6.45) is -3.38. The fraction of sp³-hybridized carbons (Fsp3) is 0.273. The number of nitrogens with zero attached hydrogens (tertiary/aromatic N) is 3. The second kappa shape index (κ2) is 4.29. The van der Waals surface area contributed by atoms with Crippen LogP contribution in [0.2, 0.25) is 0 Å². The lowest BCUT2D eigenvalue weighted by molar-refractivity contribution is -0.136. The van der Waals surface area contributed by atoms with E-state index in [0.29, 0.717) is 4.40 Å². The van der Waals surface area contributed by atoms with Gasteiger partial charge in [0.05, 0.1) is 0 Å². The van der Waals surface area contributed by atoms with Crippen molar-refractivity contribution in [2.45, 2.75) is 18.5 Å². The molecule has 0 spiro atoms. The molecule has 0 saturated heterocycles. The van der Waals surface area contributed by atoms with Gasteiger partial charge in [-0.1, -0.05) is 6.08 Å². The Labute approximate surface area is 104 Å². The molecule has 0 N–H and O–H groups in total. The Morgan fingerprint density at radius 2 is 1.89 bits per heavy atom. The van der Waals surface area contributed by atoms with Crippen LogP contribution >= 0.6 is 0 Å². The minimum absolute atomic E-state index is 0.645. The predicted molar refractivity (Wildman–Crippen MR) is 56.7 cm³/mol. The second-order valence-corrected chi connectivity index (χ2v) is 3.83. The van der Waals surface area contributed by atoms with Crippen LogP contribution in [-0.4, -0.2) is 14.6 Å². The summed E-state index contributed by atoms with van der Waals surface area (Å²) >= 11 is 0. The third-order valence-corrected chi connectivity index (χ3v) is 2.47. The van der Waals surface area contributed by atoms with Gasteiger partial charge in [-0.05, 0) is 12.1 Å². The van der Waals surface area contributed by atoms with Gasteiger partial charge >= 0.3 is 12.1 Å². The first-order valence-corrected chi connectivity index (χ1v) is 5.17. The molecule has 0 unspecified atom stereocenters. The Bertz CT molecular complexity index is 614. The van der Waals surface area contributed by atoms with Crippen LogP contribution in [-0.2, 0) is 12.1 Å². The predicted octanol–water partition coefficient (Wildman–Crippen LogP) is 3.42. The number of allylic oxidation sites excluding steroid dienone is 1. The SMILES string of the molecule is C=CCC(F)(F)c1nnc2c(C(F)(F)F)cccn12. The summed E-state index contributed by atoms with van der Waals surface area (Å²) in [5.74, 6) is -4.26. The van der Waals surface area contributed by atoms with Gasteiger partial charge in [0.15, 0.2) is 5.65 Å². The van der Waals surface area contributed by atoms with Crippen molar-refractivity contribution in [2.75, 3.05) is 0 Å². The smallest absolute Gasteiger partial charge is 0.281 e. The molecule has 3 nitrogen and oxygen atoms in total. The third-order valence-electron chi connectivity index (χ3n) is 2.47. The van der Waals surface area contributed by atoms with E-state index in [1.54, 1.807) is 0 Å². The highest BCUT2D eigenvalue weighted by Gasteiger charge is 2.39. The number of rotatable bonds is 3. The zero-order valence-corrected chi connectivity index (χ0v) is 9.46. The van der Waals surface area contributed by atoms with E-state index in [9.17, 15) is 22.0 Å². The highest BCUT2D eigenvalue weighted by atomic mass is 19.4. The van der Waals surface area contributed by atoms with Gasteiger partial charge in [0, 0.05) is 12.6 Å². The van der Waals surface area contributed by atoms with Crippen LogP contribution in [0.15, 0.2) is 31.0 Å². The van der Waals surface area contributed by atoms with Crippen LogP contribution in [0.3, 0.4) is 0 Å². The average molecular weight is 277 g/mol. The molecule has 0 aliphatic rings. The van der Waals surface area contributed by atoms with Gasteiger partial charge in [-0.3, -0.25) is 4.40 Å². The van der Waals surface area contributed by atoms with Gasteiger partial charge in [0.1, 0.15) is 5.56 Å². The zero-order chi connectivity index (χ0) is 14.3. The molecule has 0 aliphatic heterocycles. The van der Waals surface area contributed by atoms with Crippen LogP contribution in [0.4, 0.5) is 22.0 Å². The molecule has 2 aromatic rings. The minimum Gasteiger partial charge on any atom is -0.281 e. The minimum atomic E-state index is -4.68. The molecule has 8 heteroatoms. The zero-order valence-electron chi connectivity index (χ0n) is 9.46. The summed E-state index contributed by atoms with van der Waals surface area (Å²) in [4.78, 5) is 0. The van der Waals surface area contributed by atoms with Crippen molar-refractivity contribution < 1.29 is 22.0 Å². The Morgan fingerprint density at radius 3 is 2.47 bits per heavy atom. The van der Waals surface area contributed by atoms with Crippen molar-refractivity contribution in [1.29, 1.82) is 0 Å². The van der Waals surface area contributed by atoms with Gasteiger partial charge in [0.25, 0.3) is 0 Å². The van der Waals surface area contributed by atoms with Crippen LogP contribution < -0.4 is 0 Å². The molecule has 2 aromatic heterocycles. The van der Waals surface area contributed by atoms with Crippen molar-refractivity contribution in [2.24, 2.45) is 0 Å². The van der Waals surface area contributed by atoms with E-state index in [-0.39, 0.29) is 0 Å². The normalized spacial score (nSPS) is 12.9. The molecule has 0 radical (unpaired) electrons. The molecular weight excluding hydrogens is 269 g/mol. The van der Waals surface area contributed by atoms with Crippen LogP contribution in [0, 0.1) is 0 Å². The number of fused-ring (bicyclic) bond motifs is 1. The van der Waals surface area contributed by atoms with E-state index < -0.39 is 35.6 Å². The first-order chi connectivity index (χ1) is 8.77. The van der Waals surface area contributed by atoms with E-state index in [0.717, 1.165) is 24.4 Å². The number of halogens is 5. The fourth-order valence-electron chi connectivity index (χ4n) is 1.66. The van der Waals surface area contributed by atoms with E-state index >= 15 is 0 Å². The Hall–Kier alpha value is -1.99. The summed E-state index contributed by atoms with van der Waals surface area (Å²) in [7, 11) is 0. The molecule has 19 heavy (non-hydrogen) atoms. The summed E-state index contributed by atoms with van der Waals surface area (Å²) < 4.78 is 66.1. The van der Waals surface area contributed by atoms with Gasteiger partial charge in [-0.2, -0.15) is 22.0 Å². The first-order valence-electron chi connectivity index (χ1n) is 5.17. The van der Waals surface area contributed by atoms with Crippen LogP contribution in [0.5, 0.6) is 0 Å². The lowest BCUT2D eigenvalue weighted by Gasteiger charge is -2.12. The summed E-state index contributed by atoms with van der Waals surface area (Å²) in [6, 6.07) is 1.78. The molecule has 0 fully saturated rings. The summed E-state index contributed by atoms with van der Waals surface area (Å²) in [6.45, 7) is 3.18. The number of pyridine rings is 1. The number of aromatic nitrogens is 3. The second-order valence-electron chi connectivity index (χ2n) is 3.83. The molecule has 0 amide bonds. The van der Waals surface area contributed by atoms with Crippen molar-refractivity contribution in [1.82, 2.24) is 14.6 Å². The monoisotopic (exact) mass is 277 g/mol. The Kier molecular flexibility index (Phi) is 3.03. The number of alkyl halides is 5. The maximum Gasteiger partial charge on any atom is 0.420 e. The lowest BCUT2D eigenvalue weighted by Crippen LogP contribution is -2.17. The highest BCUT2D eigenvalue weighted by Crippen LogP contribution is 2.35. The lowest BCUT2D eigenvalue weighted by atomic mass is 10.2. The molecule has 0 aliphatic carbocycles. The topological polar surface area (TPSA) is 30.2 Å². The molecule has 2 heterocycles. The molecule has 102 valence electrons. The molecule has 0 saturated carbocycles. The quantitative estimate of drug-likeness (QED) is 0.635. The molecule has 0 aromatic carbocycles. The van der Waals surface area contributed by atoms with E-state index in [2.05, 4.69) is 16.8 Å². The van der Waals surface area contributed by atoms with Crippen molar-refractivity contribution >= 4 is 5.65 Å². The van der Waals surface area contributed by atoms with E-state index in [4.69, 9.17) is 0 Å². The largest absolute Gasteiger partial charge is 0.420 e. The first kappa shape index (κ1) is 13.4. The van der Waals surface area contributed by atoms with Crippen molar-refractivity contribution in [3.8, 4) is 0 Å². The molecule has 0 bridgehead atoms. The average Bonchev–Trinajstić information content (AvgIpc) is 2.71. The van der Waals surface area contributed by atoms with Crippen molar-refractivity contribution in [3.05, 3.63) is 42.4 Å². The molecular formula is C11H8F5N3.